The van der Waals surface area contributed by atoms with E-state index in [0.717, 1.165) is 10.2 Å². The zero-order valence-corrected chi connectivity index (χ0v) is 10.8. The van der Waals surface area contributed by atoms with Crippen molar-refractivity contribution in [3.63, 3.8) is 0 Å². The van der Waals surface area contributed by atoms with Crippen LogP contribution in [-0.4, -0.2) is 7.11 Å². The van der Waals surface area contributed by atoms with Crippen molar-refractivity contribution in [3.8, 4) is 5.75 Å². The van der Waals surface area contributed by atoms with E-state index in [2.05, 4.69) is 34.1 Å². The van der Waals surface area contributed by atoms with Crippen LogP contribution in [0.4, 0.5) is 0 Å². The summed E-state index contributed by atoms with van der Waals surface area (Å²) in [6.45, 7) is 4.00. The predicted molar refractivity (Wildman–Crippen MR) is 69.5 cm³/mol. The van der Waals surface area contributed by atoms with Crippen LogP contribution in [0.1, 0.15) is 13.8 Å². The average Bonchev–Trinajstić information content (AvgIpc) is 2.31. The molecule has 0 saturated carbocycles. The van der Waals surface area contributed by atoms with Gasteiger partial charge in [0.2, 0.25) is 0 Å². The Kier molecular flexibility index (Phi) is 4.63. The third-order valence-corrected chi connectivity index (χ3v) is 2.50. The van der Waals surface area contributed by atoms with Crippen molar-refractivity contribution in [2.24, 2.45) is 0 Å². The van der Waals surface area contributed by atoms with Gasteiger partial charge in [0.25, 0.3) is 0 Å². The molecule has 0 radical (unpaired) electrons. The molecule has 2 aromatic rings. The van der Waals surface area contributed by atoms with Crippen LogP contribution in [0.5, 0.6) is 5.75 Å². The van der Waals surface area contributed by atoms with E-state index >= 15 is 0 Å². The highest BCUT2D eigenvalue weighted by atomic mass is 79.9. The number of methoxy groups -OCH3 is 1. The summed E-state index contributed by atoms with van der Waals surface area (Å²) in [6.07, 6.45) is 0. The molecule has 0 N–H and O–H groups in total. The van der Waals surface area contributed by atoms with Crippen LogP contribution in [0.3, 0.4) is 0 Å². The van der Waals surface area contributed by atoms with E-state index in [4.69, 9.17) is 4.74 Å². The molecule has 1 nitrogen and oxygen atoms in total. The van der Waals surface area contributed by atoms with Crippen molar-refractivity contribution in [1.82, 2.24) is 0 Å². The molecule has 0 unspecified atom stereocenters. The standard InChI is InChI=1S/C11H9BrO.C2H6/c1-13-11-5-3-8-6-10(12)4-2-9(8)7-11;1-2/h2-7H,1H3;1-2H3. The minimum atomic E-state index is 0.898. The fourth-order valence-electron chi connectivity index (χ4n) is 1.32. The summed E-state index contributed by atoms with van der Waals surface area (Å²) in [5, 5.41) is 2.41. The first-order valence-corrected chi connectivity index (χ1v) is 5.82. The predicted octanol–water partition coefficient (Wildman–Crippen LogP) is 4.64. The second kappa shape index (κ2) is 5.76. The number of benzene rings is 2. The average molecular weight is 267 g/mol. The minimum absolute atomic E-state index is 0.898. The first kappa shape index (κ1) is 12.1. The Morgan fingerprint density at radius 2 is 1.53 bits per heavy atom. The Morgan fingerprint density at radius 3 is 2.20 bits per heavy atom. The van der Waals surface area contributed by atoms with Crippen molar-refractivity contribution in [2.75, 3.05) is 7.11 Å². The largest absolute Gasteiger partial charge is 0.497 e. The lowest BCUT2D eigenvalue weighted by Gasteiger charge is -2.02. The van der Waals surface area contributed by atoms with Gasteiger partial charge in [-0.1, -0.05) is 41.9 Å². The molecule has 15 heavy (non-hydrogen) atoms. The molecular formula is C13H15BrO. The number of hydrogen-bond acceptors (Lipinski definition) is 1. The maximum atomic E-state index is 5.14. The molecular weight excluding hydrogens is 252 g/mol. The molecule has 2 aromatic carbocycles. The fourth-order valence-corrected chi connectivity index (χ4v) is 1.70. The lowest BCUT2D eigenvalue weighted by Crippen LogP contribution is -1.81. The van der Waals surface area contributed by atoms with Crippen LogP contribution in [0.25, 0.3) is 10.8 Å². The Balaban J connectivity index is 0.000000531. The van der Waals surface area contributed by atoms with Gasteiger partial charge >= 0.3 is 0 Å². The lowest BCUT2D eigenvalue weighted by atomic mass is 10.1. The van der Waals surface area contributed by atoms with Crippen LogP contribution in [0, 0.1) is 0 Å². The summed E-state index contributed by atoms with van der Waals surface area (Å²) in [5.41, 5.74) is 0. The minimum Gasteiger partial charge on any atom is -0.497 e. The molecule has 80 valence electrons. The van der Waals surface area contributed by atoms with E-state index < -0.39 is 0 Å². The van der Waals surface area contributed by atoms with Gasteiger partial charge in [0.05, 0.1) is 7.11 Å². The van der Waals surface area contributed by atoms with Crippen molar-refractivity contribution in [2.45, 2.75) is 13.8 Å². The molecule has 0 saturated heterocycles. The summed E-state index contributed by atoms with van der Waals surface area (Å²) in [4.78, 5) is 0. The van der Waals surface area contributed by atoms with E-state index in [1.54, 1.807) is 7.11 Å². The van der Waals surface area contributed by atoms with Gasteiger partial charge in [-0.2, -0.15) is 0 Å². The molecule has 2 rings (SSSR count). The van der Waals surface area contributed by atoms with Gasteiger partial charge in [-0.25, -0.2) is 0 Å². The van der Waals surface area contributed by atoms with Gasteiger partial charge in [0.15, 0.2) is 0 Å². The van der Waals surface area contributed by atoms with Gasteiger partial charge in [-0.05, 0) is 35.0 Å². The van der Waals surface area contributed by atoms with Crippen molar-refractivity contribution in [1.29, 1.82) is 0 Å². The molecule has 0 heterocycles. The fraction of sp³-hybridized carbons (Fsp3) is 0.231. The third kappa shape index (κ3) is 2.96. The van der Waals surface area contributed by atoms with Gasteiger partial charge in [0, 0.05) is 4.47 Å². The van der Waals surface area contributed by atoms with E-state index in [9.17, 15) is 0 Å². The van der Waals surface area contributed by atoms with E-state index in [1.165, 1.54) is 10.8 Å². The van der Waals surface area contributed by atoms with E-state index in [1.807, 2.05) is 32.0 Å². The Bertz CT molecular complexity index is 437. The summed E-state index contributed by atoms with van der Waals surface area (Å²) >= 11 is 3.44. The maximum absolute atomic E-state index is 5.14. The van der Waals surface area contributed by atoms with Gasteiger partial charge in [-0.15, -0.1) is 0 Å². The number of rotatable bonds is 1. The van der Waals surface area contributed by atoms with E-state index in [0.29, 0.717) is 0 Å². The monoisotopic (exact) mass is 266 g/mol. The molecule has 0 bridgehead atoms. The second-order valence-electron chi connectivity index (χ2n) is 2.86. The molecule has 0 fully saturated rings. The topological polar surface area (TPSA) is 9.23 Å². The molecule has 0 aliphatic rings. The Morgan fingerprint density at radius 1 is 0.933 bits per heavy atom. The maximum Gasteiger partial charge on any atom is 0.119 e. The molecule has 0 amide bonds. The first-order valence-electron chi connectivity index (χ1n) is 5.03. The lowest BCUT2D eigenvalue weighted by molar-refractivity contribution is 0.415. The highest BCUT2D eigenvalue weighted by molar-refractivity contribution is 9.10. The number of ether oxygens (including phenoxy) is 1. The van der Waals surface area contributed by atoms with Crippen LogP contribution >= 0.6 is 15.9 Å². The summed E-state index contributed by atoms with van der Waals surface area (Å²) in [7, 11) is 1.68. The Labute approximate surface area is 99.2 Å². The smallest absolute Gasteiger partial charge is 0.119 e. The zero-order valence-electron chi connectivity index (χ0n) is 9.25. The SMILES string of the molecule is CC.COc1ccc2cc(Br)ccc2c1. The van der Waals surface area contributed by atoms with E-state index in [-0.39, 0.29) is 0 Å². The molecule has 2 heteroatoms. The normalized spacial score (nSPS) is 9.33. The summed E-state index contributed by atoms with van der Waals surface area (Å²) in [6, 6.07) is 12.2. The van der Waals surface area contributed by atoms with Crippen LogP contribution < -0.4 is 4.74 Å². The third-order valence-electron chi connectivity index (χ3n) is 2.01. The molecule has 0 atom stereocenters. The zero-order chi connectivity index (χ0) is 11.3. The number of hydrogen-bond donors (Lipinski definition) is 0. The molecule has 0 aliphatic heterocycles. The van der Waals surface area contributed by atoms with Crippen LogP contribution in [0.15, 0.2) is 40.9 Å². The summed E-state index contributed by atoms with van der Waals surface area (Å²) in [5.74, 6) is 0.898. The van der Waals surface area contributed by atoms with Crippen LogP contribution in [0.2, 0.25) is 0 Å². The Hall–Kier alpha value is -1.02. The highest BCUT2D eigenvalue weighted by Gasteiger charge is 1.96. The van der Waals surface area contributed by atoms with Gasteiger partial charge in [0.1, 0.15) is 5.75 Å². The number of fused-ring (bicyclic) bond motifs is 1. The molecule has 0 spiro atoms. The molecule has 0 aliphatic carbocycles. The van der Waals surface area contributed by atoms with Crippen molar-refractivity contribution >= 4 is 26.7 Å². The van der Waals surface area contributed by atoms with Crippen LogP contribution in [-0.2, 0) is 0 Å². The molecule has 0 aromatic heterocycles. The number of halogens is 1. The van der Waals surface area contributed by atoms with Crippen molar-refractivity contribution in [3.05, 3.63) is 40.9 Å². The highest BCUT2D eigenvalue weighted by Crippen LogP contribution is 2.23. The summed E-state index contributed by atoms with van der Waals surface area (Å²) < 4.78 is 6.24. The van der Waals surface area contributed by atoms with Gasteiger partial charge in [-0.3, -0.25) is 0 Å². The van der Waals surface area contributed by atoms with Gasteiger partial charge < -0.3 is 4.74 Å². The quantitative estimate of drug-likeness (QED) is 0.731. The van der Waals surface area contributed by atoms with Crippen molar-refractivity contribution < 1.29 is 4.74 Å². The second-order valence-corrected chi connectivity index (χ2v) is 3.77. The first-order chi connectivity index (χ1) is 7.29.